The molecule has 1 aliphatic carbocycles. The van der Waals surface area contributed by atoms with E-state index in [1.54, 1.807) is 0 Å². The zero-order chi connectivity index (χ0) is 24.2. The summed E-state index contributed by atoms with van der Waals surface area (Å²) in [5, 5.41) is 0. The monoisotopic (exact) mass is 468 g/mol. The summed E-state index contributed by atoms with van der Waals surface area (Å²) < 4.78 is 11.6. The minimum atomic E-state index is 0.278. The van der Waals surface area contributed by atoms with Crippen LogP contribution < -0.4 is 0 Å². The largest absolute Gasteiger partial charge is 0.381 e. The average Bonchev–Trinajstić information content (AvgIpc) is 3.30. The van der Waals surface area contributed by atoms with Gasteiger partial charge in [0.25, 0.3) is 0 Å². The molecule has 0 amide bonds. The molecule has 0 saturated carbocycles. The molecule has 1 unspecified atom stereocenters. The average molecular weight is 469 g/mol. The predicted octanol–water partition coefficient (Wildman–Crippen LogP) is 5.89. The van der Waals surface area contributed by atoms with Gasteiger partial charge in [-0.15, -0.1) is 5.73 Å². The first-order valence-electron chi connectivity index (χ1n) is 13.1. The molecule has 35 heavy (non-hydrogen) atoms. The van der Waals surface area contributed by atoms with Gasteiger partial charge in [0.15, 0.2) is 5.82 Å². The molecule has 1 aromatic rings. The van der Waals surface area contributed by atoms with Gasteiger partial charge in [0.2, 0.25) is 0 Å². The number of aryl methyl sites for hydroxylation is 1. The van der Waals surface area contributed by atoms with Crippen LogP contribution in [0.3, 0.4) is 0 Å². The highest BCUT2D eigenvalue weighted by Crippen LogP contribution is 2.32. The molecular weight excluding hydrogens is 432 g/mol. The highest BCUT2D eigenvalue weighted by molar-refractivity contribution is 6.07. The molecule has 3 heterocycles. The molecule has 3 atom stereocenters. The van der Waals surface area contributed by atoms with E-state index in [4.69, 9.17) is 14.5 Å². The topological polar surface area (TPSA) is 34.1 Å². The predicted molar refractivity (Wildman–Crippen MR) is 142 cm³/mol. The van der Waals surface area contributed by atoms with Crippen molar-refractivity contribution >= 4 is 11.3 Å². The van der Waals surface area contributed by atoms with E-state index < -0.39 is 0 Å². The summed E-state index contributed by atoms with van der Waals surface area (Å²) in [6, 6.07) is 9.12. The van der Waals surface area contributed by atoms with Gasteiger partial charge in [-0.3, -0.25) is 0 Å². The van der Waals surface area contributed by atoms with Crippen molar-refractivity contribution in [1.82, 2.24) is 4.90 Å². The van der Waals surface area contributed by atoms with Gasteiger partial charge < -0.3 is 14.4 Å². The van der Waals surface area contributed by atoms with Gasteiger partial charge in [0, 0.05) is 36.8 Å². The first-order valence-corrected chi connectivity index (χ1v) is 13.1. The second kappa shape index (κ2) is 10.8. The van der Waals surface area contributed by atoms with Crippen molar-refractivity contribution in [3.63, 3.8) is 0 Å². The quantitative estimate of drug-likeness (QED) is 0.517. The Morgan fingerprint density at radius 1 is 1.00 bits per heavy atom. The molecule has 2 saturated heterocycles. The molecule has 0 bridgehead atoms. The van der Waals surface area contributed by atoms with Crippen molar-refractivity contribution in [3.8, 4) is 0 Å². The van der Waals surface area contributed by atoms with E-state index >= 15 is 0 Å². The molecule has 5 rings (SSSR count). The van der Waals surface area contributed by atoms with E-state index in [0.717, 1.165) is 80.5 Å². The zero-order valence-electron chi connectivity index (χ0n) is 21.2. The molecule has 3 aliphatic heterocycles. The van der Waals surface area contributed by atoms with Crippen LogP contribution in [-0.2, 0) is 15.9 Å². The molecule has 182 valence electrons. The first-order chi connectivity index (χ1) is 17.1. The lowest BCUT2D eigenvalue weighted by atomic mass is 9.84. The number of morpholine rings is 1. The minimum absolute atomic E-state index is 0.278. The van der Waals surface area contributed by atoms with Crippen LogP contribution in [0.1, 0.15) is 44.7 Å². The molecule has 4 nitrogen and oxygen atoms in total. The van der Waals surface area contributed by atoms with Crippen LogP contribution in [0, 0.1) is 11.8 Å². The number of benzene rings is 1. The maximum Gasteiger partial charge on any atom is 0.173 e. The molecule has 1 aromatic carbocycles. The minimum Gasteiger partial charge on any atom is -0.381 e. The van der Waals surface area contributed by atoms with E-state index in [0.29, 0.717) is 11.8 Å². The number of rotatable bonds is 4. The number of hydrogen-bond donors (Lipinski definition) is 0. The maximum atomic E-state index is 5.90. The van der Waals surface area contributed by atoms with Crippen molar-refractivity contribution in [2.24, 2.45) is 16.8 Å². The van der Waals surface area contributed by atoms with Crippen molar-refractivity contribution in [2.45, 2.75) is 46.1 Å². The van der Waals surface area contributed by atoms with Crippen LogP contribution >= 0.6 is 0 Å². The number of ether oxygens (including phenoxy) is 2. The second-order valence-corrected chi connectivity index (χ2v) is 10.1. The molecule has 4 heteroatoms. The standard InChI is InChI=1S/C31H36N2O2/c1-4-24-5-7-25(8-6-24)26-9-10-27-12-14-30(33-16-18-35-21-23(33)3)32-31(29(27)13-11-26)28-15-17-34-20-22(2)19-28/h5-9,11-13,22-23,28H,4,15-21H2,1-3H3/t22-,23+,28?/m1/s1. The Balaban J connectivity index is 1.58. The lowest BCUT2D eigenvalue weighted by Gasteiger charge is -2.34. The Bertz CT molecular complexity index is 1170. The third-order valence-electron chi connectivity index (χ3n) is 7.37. The van der Waals surface area contributed by atoms with Gasteiger partial charge in [-0.2, -0.15) is 0 Å². The molecular formula is C31H36N2O2. The lowest BCUT2D eigenvalue weighted by Crippen LogP contribution is -2.42. The van der Waals surface area contributed by atoms with Gasteiger partial charge in [0.05, 0.1) is 25.0 Å². The van der Waals surface area contributed by atoms with Gasteiger partial charge in [0.1, 0.15) is 0 Å². The normalized spacial score (nSPS) is 26.9. The Hall–Kier alpha value is -2.87. The number of nitrogens with zero attached hydrogens (tertiary/aromatic N) is 2. The third kappa shape index (κ3) is 5.37. The summed E-state index contributed by atoms with van der Waals surface area (Å²) >= 11 is 0. The van der Waals surface area contributed by atoms with Crippen LogP contribution in [-0.4, -0.2) is 49.6 Å². The smallest absolute Gasteiger partial charge is 0.173 e. The summed E-state index contributed by atoms with van der Waals surface area (Å²) in [6.07, 6.45) is 11.8. The van der Waals surface area contributed by atoms with Crippen LogP contribution in [0.2, 0.25) is 0 Å². The fourth-order valence-corrected chi connectivity index (χ4v) is 5.27. The van der Waals surface area contributed by atoms with E-state index in [2.05, 4.69) is 85.7 Å². The zero-order valence-corrected chi connectivity index (χ0v) is 21.2. The number of aliphatic imine (C=N–C) groups is 1. The lowest BCUT2D eigenvalue weighted by molar-refractivity contribution is 0.0165. The summed E-state index contributed by atoms with van der Waals surface area (Å²) in [4.78, 5) is 7.67. The van der Waals surface area contributed by atoms with E-state index in [9.17, 15) is 0 Å². The van der Waals surface area contributed by atoms with Crippen LogP contribution in [0.15, 0.2) is 82.0 Å². The van der Waals surface area contributed by atoms with Gasteiger partial charge in [-0.25, -0.2) is 4.99 Å². The molecule has 0 N–H and O–H groups in total. The van der Waals surface area contributed by atoms with E-state index in [-0.39, 0.29) is 6.04 Å². The molecule has 0 radical (unpaired) electrons. The summed E-state index contributed by atoms with van der Waals surface area (Å²) in [6.45, 7) is 10.6. The van der Waals surface area contributed by atoms with E-state index in [1.807, 2.05) is 0 Å². The number of allylic oxidation sites excluding steroid dienone is 6. The fourth-order valence-electron chi connectivity index (χ4n) is 5.27. The molecule has 0 aromatic heterocycles. The Labute approximate surface area is 209 Å². The Morgan fingerprint density at radius 3 is 2.63 bits per heavy atom. The molecule has 4 aliphatic rings. The number of hydrogen-bond acceptors (Lipinski definition) is 4. The van der Waals surface area contributed by atoms with Crippen LogP contribution in [0.25, 0.3) is 5.57 Å². The van der Waals surface area contributed by atoms with Crippen molar-refractivity contribution in [2.75, 3.05) is 33.0 Å². The number of fused-ring (bicyclic) bond motifs is 1. The third-order valence-corrected chi connectivity index (χ3v) is 7.37. The fraction of sp³-hybridized carbons (Fsp3) is 0.452. The SMILES string of the molecule is CCc1ccc(C2=CC=C3C(=C=C2)C=C=C(N2CCOC[C@@H]2C)N=C3C2CCOC[C@H](C)C2)cc1. The highest BCUT2D eigenvalue weighted by atomic mass is 16.5. The Morgan fingerprint density at radius 2 is 1.83 bits per heavy atom. The maximum absolute atomic E-state index is 5.90. The molecule has 0 spiro atoms. The van der Waals surface area contributed by atoms with E-state index in [1.165, 1.54) is 11.1 Å². The first kappa shape index (κ1) is 23.9. The van der Waals surface area contributed by atoms with Crippen molar-refractivity contribution < 1.29 is 9.47 Å². The second-order valence-electron chi connectivity index (χ2n) is 10.1. The Kier molecular flexibility index (Phi) is 7.37. The summed E-state index contributed by atoms with van der Waals surface area (Å²) in [7, 11) is 0. The highest BCUT2D eigenvalue weighted by Gasteiger charge is 2.29. The summed E-state index contributed by atoms with van der Waals surface area (Å²) in [5.41, 5.74) is 14.2. The van der Waals surface area contributed by atoms with Gasteiger partial charge in [-0.1, -0.05) is 56.0 Å². The molecule has 2 fully saturated rings. The van der Waals surface area contributed by atoms with Gasteiger partial charge >= 0.3 is 0 Å². The van der Waals surface area contributed by atoms with Crippen LogP contribution in [0.4, 0.5) is 0 Å². The van der Waals surface area contributed by atoms with Gasteiger partial charge in [-0.05, 0) is 61.0 Å². The summed E-state index contributed by atoms with van der Waals surface area (Å²) in [5.74, 6) is 1.76. The van der Waals surface area contributed by atoms with Crippen molar-refractivity contribution in [1.29, 1.82) is 0 Å². The van der Waals surface area contributed by atoms with Crippen molar-refractivity contribution in [3.05, 3.63) is 88.1 Å². The van der Waals surface area contributed by atoms with Crippen LogP contribution in [0.5, 0.6) is 0 Å².